The smallest absolute Gasteiger partial charge is 0.148 e. The van der Waals surface area contributed by atoms with E-state index < -0.39 is 0 Å². The zero-order valence-electron chi connectivity index (χ0n) is 9.70. The Labute approximate surface area is 105 Å². The molecule has 0 aromatic carbocycles. The van der Waals surface area contributed by atoms with E-state index in [-0.39, 0.29) is 0 Å². The molecule has 1 aromatic rings. The van der Waals surface area contributed by atoms with E-state index in [0.717, 1.165) is 35.1 Å². The van der Waals surface area contributed by atoms with E-state index in [4.69, 9.17) is 0 Å². The molecule has 1 fully saturated rings. The molecule has 0 unspecified atom stereocenters. The summed E-state index contributed by atoms with van der Waals surface area (Å²) in [4.78, 5) is 10.8. The van der Waals surface area contributed by atoms with Crippen LogP contribution in [0.2, 0.25) is 0 Å². The van der Waals surface area contributed by atoms with Crippen LogP contribution in [0.15, 0.2) is 10.8 Å². The first-order valence-electron chi connectivity index (χ1n) is 5.69. The molecule has 1 aliphatic carbocycles. The Kier molecular flexibility index (Phi) is 3.63. The van der Waals surface area contributed by atoms with E-state index in [1.807, 2.05) is 7.05 Å². The minimum absolute atomic E-state index is 0.847. The molecule has 0 amide bonds. The van der Waals surface area contributed by atoms with Gasteiger partial charge in [-0.2, -0.15) is 0 Å². The third kappa shape index (κ3) is 2.45. The van der Waals surface area contributed by atoms with Crippen molar-refractivity contribution in [1.29, 1.82) is 0 Å². The third-order valence-corrected chi connectivity index (χ3v) is 3.59. The quantitative estimate of drug-likeness (QED) is 0.902. The lowest BCUT2D eigenvalue weighted by Gasteiger charge is -2.23. The van der Waals surface area contributed by atoms with Crippen LogP contribution in [0.1, 0.15) is 19.8 Å². The molecule has 1 saturated carbocycles. The minimum Gasteiger partial charge on any atom is -0.372 e. The fourth-order valence-corrected chi connectivity index (χ4v) is 2.39. The van der Waals surface area contributed by atoms with Gasteiger partial charge in [0.05, 0.1) is 0 Å². The molecule has 1 aliphatic rings. The second-order valence-corrected chi connectivity index (χ2v) is 4.88. The van der Waals surface area contributed by atoms with Gasteiger partial charge in [0.2, 0.25) is 0 Å². The maximum atomic E-state index is 4.37. The maximum Gasteiger partial charge on any atom is 0.148 e. The Hall–Kier alpha value is -0.840. The topological polar surface area (TPSA) is 41.1 Å². The molecule has 0 bridgehead atoms. The van der Waals surface area contributed by atoms with Gasteiger partial charge in [-0.1, -0.05) is 0 Å². The second-order valence-electron chi connectivity index (χ2n) is 4.09. The van der Waals surface area contributed by atoms with Gasteiger partial charge in [-0.3, -0.25) is 0 Å². The summed E-state index contributed by atoms with van der Waals surface area (Å²) < 4.78 is 0.958. The molecule has 0 radical (unpaired) electrons. The Balaban J connectivity index is 2.21. The van der Waals surface area contributed by atoms with Gasteiger partial charge in [0.15, 0.2) is 0 Å². The predicted octanol–water partition coefficient (Wildman–Crippen LogP) is 2.52. The van der Waals surface area contributed by atoms with Crippen molar-refractivity contribution in [2.75, 3.05) is 30.4 Å². The van der Waals surface area contributed by atoms with Crippen molar-refractivity contribution in [2.24, 2.45) is 5.92 Å². The van der Waals surface area contributed by atoms with Crippen LogP contribution < -0.4 is 10.2 Å². The molecule has 0 spiro atoms. The van der Waals surface area contributed by atoms with Crippen LogP contribution >= 0.6 is 15.9 Å². The van der Waals surface area contributed by atoms with Crippen LogP contribution in [-0.4, -0.2) is 30.1 Å². The summed E-state index contributed by atoms with van der Waals surface area (Å²) in [5.74, 6) is 2.70. The molecule has 1 heterocycles. The molecule has 88 valence electrons. The second kappa shape index (κ2) is 4.99. The molecule has 2 rings (SSSR count). The van der Waals surface area contributed by atoms with Crippen molar-refractivity contribution in [1.82, 2.24) is 9.97 Å². The van der Waals surface area contributed by atoms with Crippen LogP contribution in [0.4, 0.5) is 11.6 Å². The van der Waals surface area contributed by atoms with Crippen LogP contribution in [0, 0.1) is 5.92 Å². The van der Waals surface area contributed by atoms with E-state index >= 15 is 0 Å². The highest BCUT2D eigenvalue weighted by atomic mass is 79.9. The monoisotopic (exact) mass is 284 g/mol. The summed E-state index contributed by atoms with van der Waals surface area (Å²) in [6, 6.07) is 0. The molecule has 5 heteroatoms. The molecule has 16 heavy (non-hydrogen) atoms. The first-order chi connectivity index (χ1) is 7.76. The summed E-state index contributed by atoms with van der Waals surface area (Å²) >= 11 is 3.56. The molecule has 0 saturated heterocycles. The number of rotatable bonds is 5. The number of anilines is 2. The Morgan fingerprint density at radius 1 is 1.50 bits per heavy atom. The van der Waals surface area contributed by atoms with Crippen LogP contribution in [-0.2, 0) is 0 Å². The zero-order chi connectivity index (χ0) is 11.5. The number of halogens is 1. The number of aromatic nitrogens is 2. The van der Waals surface area contributed by atoms with Crippen molar-refractivity contribution >= 4 is 27.6 Å². The van der Waals surface area contributed by atoms with E-state index in [2.05, 4.69) is 43.0 Å². The molecule has 0 aliphatic heterocycles. The summed E-state index contributed by atoms with van der Waals surface area (Å²) in [5.41, 5.74) is 0. The lowest BCUT2D eigenvalue weighted by molar-refractivity contribution is 0.729. The van der Waals surface area contributed by atoms with E-state index in [9.17, 15) is 0 Å². The van der Waals surface area contributed by atoms with Gasteiger partial charge in [0.1, 0.15) is 22.4 Å². The number of nitrogens with zero attached hydrogens (tertiary/aromatic N) is 3. The van der Waals surface area contributed by atoms with Crippen molar-refractivity contribution in [2.45, 2.75) is 19.8 Å². The highest BCUT2D eigenvalue weighted by Crippen LogP contribution is 2.34. The third-order valence-electron chi connectivity index (χ3n) is 2.86. The van der Waals surface area contributed by atoms with Gasteiger partial charge in [0.25, 0.3) is 0 Å². The lowest BCUT2D eigenvalue weighted by atomic mass is 10.3. The average Bonchev–Trinajstić information content (AvgIpc) is 3.10. The van der Waals surface area contributed by atoms with Crippen LogP contribution in [0.5, 0.6) is 0 Å². The Morgan fingerprint density at radius 2 is 2.25 bits per heavy atom. The SMILES string of the molecule is CCN(CC1CC1)c1ncnc(NC)c1Br. The summed E-state index contributed by atoms with van der Waals surface area (Å²) in [6.45, 7) is 4.25. The maximum absolute atomic E-state index is 4.37. The fourth-order valence-electron chi connectivity index (χ4n) is 1.73. The molecule has 4 nitrogen and oxygen atoms in total. The van der Waals surface area contributed by atoms with E-state index in [1.165, 1.54) is 12.8 Å². The average molecular weight is 285 g/mol. The summed E-state index contributed by atoms with van der Waals surface area (Å²) in [7, 11) is 1.87. The number of hydrogen-bond acceptors (Lipinski definition) is 4. The summed E-state index contributed by atoms with van der Waals surface area (Å²) in [6.07, 6.45) is 4.33. The molecular formula is C11H17BrN4. The van der Waals surface area contributed by atoms with E-state index in [0.29, 0.717) is 0 Å². The van der Waals surface area contributed by atoms with Crippen molar-refractivity contribution in [3.8, 4) is 0 Å². The van der Waals surface area contributed by atoms with Crippen molar-refractivity contribution in [3.63, 3.8) is 0 Å². The Bertz CT molecular complexity index is 365. The van der Waals surface area contributed by atoms with Gasteiger partial charge in [0, 0.05) is 20.1 Å². The fraction of sp³-hybridized carbons (Fsp3) is 0.636. The molecular weight excluding hydrogens is 268 g/mol. The van der Waals surface area contributed by atoms with Gasteiger partial charge in [-0.25, -0.2) is 9.97 Å². The largest absolute Gasteiger partial charge is 0.372 e. The van der Waals surface area contributed by atoms with Crippen molar-refractivity contribution < 1.29 is 0 Å². The Morgan fingerprint density at radius 3 is 2.81 bits per heavy atom. The zero-order valence-corrected chi connectivity index (χ0v) is 11.3. The highest BCUT2D eigenvalue weighted by molar-refractivity contribution is 9.10. The summed E-state index contributed by atoms with van der Waals surface area (Å²) in [5, 5.41) is 3.06. The first kappa shape index (κ1) is 11.6. The van der Waals surface area contributed by atoms with Gasteiger partial charge in [-0.05, 0) is 41.6 Å². The van der Waals surface area contributed by atoms with E-state index in [1.54, 1.807) is 6.33 Å². The molecule has 1 aromatic heterocycles. The van der Waals surface area contributed by atoms with Gasteiger partial charge in [-0.15, -0.1) is 0 Å². The number of hydrogen-bond donors (Lipinski definition) is 1. The predicted molar refractivity (Wildman–Crippen MR) is 69.9 cm³/mol. The first-order valence-corrected chi connectivity index (χ1v) is 6.48. The standard InChI is InChI=1S/C11H17BrN4/c1-3-16(6-8-4-5-8)11-9(12)10(13-2)14-7-15-11/h7-8H,3-6H2,1-2H3,(H,13,14,15). The molecule has 0 atom stereocenters. The lowest BCUT2D eigenvalue weighted by Crippen LogP contribution is -2.26. The van der Waals surface area contributed by atoms with Crippen LogP contribution in [0.3, 0.4) is 0 Å². The van der Waals surface area contributed by atoms with Gasteiger partial charge >= 0.3 is 0 Å². The molecule has 1 N–H and O–H groups in total. The van der Waals surface area contributed by atoms with Crippen LogP contribution in [0.25, 0.3) is 0 Å². The normalized spacial score (nSPS) is 14.9. The van der Waals surface area contributed by atoms with Gasteiger partial charge < -0.3 is 10.2 Å². The number of nitrogens with one attached hydrogen (secondary N) is 1. The highest BCUT2D eigenvalue weighted by Gasteiger charge is 2.25. The van der Waals surface area contributed by atoms with Crippen molar-refractivity contribution in [3.05, 3.63) is 10.8 Å². The minimum atomic E-state index is 0.847.